The van der Waals surface area contributed by atoms with E-state index in [0.29, 0.717) is 18.1 Å². The van der Waals surface area contributed by atoms with Gasteiger partial charge in [-0.05, 0) is 35.7 Å². The van der Waals surface area contributed by atoms with E-state index in [1.165, 1.54) is 0 Å². The summed E-state index contributed by atoms with van der Waals surface area (Å²) in [6, 6.07) is 11.1. The van der Waals surface area contributed by atoms with Crippen LogP contribution in [0.3, 0.4) is 0 Å². The summed E-state index contributed by atoms with van der Waals surface area (Å²) < 4.78 is 0. The van der Waals surface area contributed by atoms with Crippen molar-refractivity contribution in [3.05, 3.63) is 64.9 Å². The molecule has 2 rings (SSSR count). The number of benzene rings is 1. The molecule has 1 aromatic heterocycles. The minimum atomic E-state index is -0.177. The van der Waals surface area contributed by atoms with Gasteiger partial charge in [-0.3, -0.25) is 4.98 Å². The number of hydrogen-bond donors (Lipinski definition) is 2. The highest BCUT2D eigenvalue weighted by Crippen LogP contribution is 2.08. The Morgan fingerprint density at radius 3 is 2.60 bits per heavy atom. The smallest absolute Gasteiger partial charge is 0.315 e. The second-order valence-corrected chi connectivity index (χ2v) is 4.78. The molecule has 0 bridgehead atoms. The number of carbonyl (C=O) groups is 1. The van der Waals surface area contributed by atoms with Gasteiger partial charge in [0, 0.05) is 30.5 Å². The van der Waals surface area contributed by atoms with Crippen LogP contribution in [0.1, 0.15) is 11.1 Å². The Morgan fingerprint density at radius 2 is 1.90 bits per heavy atom. The number of hydrogen-bond acceptors (Lipinski definition) is 2. The summed E-state index contributed by atoms with van der Waals surface area (Å²) >= 11 is 5.80. The lowest BCUT2D eigenvalue weighted by atomic mass is 10.2. The predicted octanol–water partition coefficient (Wildman–Crippen LogP) is 2.78. The summed E-state index contributed by atoms with van der Waals surface area (Å²) in [6.07, 6.45) is 4.30. The molecule has 0 unspecified atom stereocenters. The fourth-order valence-corrected chi connectivity index (χ4v) is 1.84. The highest BCUT2D eigenvalue weighted by atomic mass is 35.5. The van der Waals surface area contributed by atoms with Gasteiger partial charge in [0.25, 0.3) is 0 Å². The number of nitrogens with one attached hydrogen (secondary N) is 2. The van der Waals surface area contributed by atoms with Gasteiger partial charge >= 0.3 is 6.03 Å². The summed E-state index contributed by atoms with van der Waals surface area (Å²) in [5.74, 6) is 0. The second-order valence-electron chi connectivity index (χ2n) is 4.35. The van der Waals surface area contributed by atoms with Gasteiger partial charge < -0.3 is 10.6 Å². The lowest BCUT2D eigenvalue weighted by molar-refractivity contribution is 0.240. The average Bonchev–Trinajstić information content (AvgIpc) is 2.48. The molecule has 0 aliphatic heterocycles. The van der Waals surface area contributed by atoms with Gasteiger partial charge in [0.05, 0.1) is 0 Å². The number of urea groups is 1. The molecule has 2 N–H and O–H groups in total. The van der Waals surface area contributed by atoms with Crippen molar-refractivity contribution < 1.29 is 4.79 Å². The molecule has 0 saturated heterocycles. The van der Waals surface area contributed by atoms with E-state index in [9.17, 15) is 4.79 Å². The summed E-state index contributed by atoms with van der Waals surface area (Å²) in [5.41, 5.74) is 2.11. The maximum atomic E-state index is 11.6. The van der Waals surface area contributed by atoms with E-state index in [2.05, 4.69) is 15.6 Å². The number of halogens is 1. The average molecular weight is 290 g/mol. The largest absolute Gasteiger partial charge is 0.338 e. The molecular weight excluding hydrogens is 274 g/mol. The van der Waals surface area contributed by atoms with Gasteiger partial charge in [0.1, 0.15) is 0 Å². The van der Waals surface area contributed by atoms with Gasteiger partial charge in [0.15, 0.2) is 0 Å². The van der Waals surface area contributed by atoms with Crippen LogP contribution in [0.25, 0.3) is 0 Å². The van der Waals surface area contributed by atoms with Crippen molar-refractivity contribution in [1.82, 2.24) is 15.6 Å². The van der Waals surface area contributed by atoms with E-state index < -0.39 is 0 Å². The number of carbonyl (C=O) groups excluding carboxylic acids is 1. The van der Waals surface area contributed by atoms with Crippen LogP contribution in [0.4, 0.5) is 4.79 Å². The molecule has 0 spiro atoms. The molecule has 5 heteroatoms. The van der Waals surface area contributed by atoms with Crippen LogP contribution in [0.2, 0.25) is 5.02 Å². The number of nitrogens with zero attached hydrogens (tertiary/aromatic N) is 1. The zero-order valence-electron chi connectivity index (χ0n) is 11.0. The summed E-state index contributed by atoms with van der Waals surface area (Å²) in [5, 5.41) is 6.29. The van der Waals surface area contributed by atoms with Crippen LogP contribution >= 0.6 is 11.6 Å². The van der Waals surface area contributed by atoms with Gasteiger partial charge in [-0.2, -0.15) is 0 Å². The summed E-state index contributed by atoms with van der Waals surface area (Å²) in [6.45, 7) is 1.06. The standard InChI is InChI=1S/C15H16ClN3O/c16-14-5-3-13(4-6-14)11-19-15(20)18-9-7-12-2-1-8-17-10-12/h1-6,8,10H,7,9,11H2,(H2,18,19,20). The molecule has 2 amide bonds. The lowest BCUT2D eigenvalue weighted by Gasteiger charge is -2.07. The van der Waals surface area contributed by atoms with E-state index in [4.69, 9.17) is 11.6 Å². The van der Waals surface area contributed by atoms with Crippen molar-refractivity contribution >= 4 is 17.6 Å². The Balaban J connectivity index is 1.67. The van der Waals surface area contributed by atoms with Gasteiger partial charge in [0.2, 0.25) is 0 Å². The Bertz CT molecular complexity index is 543. The fourth-order valence-electron chi connectivity index (χ4n) is 1.71. The van der Waals surface area contributed by atoms with E-state index in [-0.39, 0.29) is 6.03 Å². The zero-order valence-corrected chi connectivity index (χ0v) is 11.7. The first-order chi connectivity index (χ1) is 9.74. The second kappa shape index (κ2) is 7.50. The molecule has 0 radical (unpaired) electrons. The summed E-state index contributed by atoms with van der Waals surface area (Å²) in [7, 11) is 0. The lowest BCUT2D eigenvalue weighted by Crippen LogP contribution is -2.36. The number of rotatable bonds is 5. The molecule has 1 aromatic carbocycles. The first-order valence-corrected chi connectivity index (χ1v) is 6.77. The monoisotopic (exact) mass is 289 g/mol. The van der Waals surface area contributed by atoms with E-state index in [1.807, 2.05) is 24.3 Å². The molecule has 0 aliphatic rings. The van der Waals surface area contributed by atoms with Crippen LogP contribution < -0.4 is 10.6 Å². The molecule has 4 nitrogen and oxygen atoms in total. The first kappa shape index (κ1) is 14.3. The zero-order chi connectivity index (χ0) is 14.2. The Hall–Kier alpha value is -2.07. The highest BCUT2D eigenvalue weighted by Gasteiger charge is 2.00. The molecule has 0 atom stereocenters. The number of amides is 2. The molecule has 1 heterocycles. The first-order valence-electron chi connectivity index (χ1n) is 6.39. The predicted molar refractivity (Wildman–Crippen MR) is 79.6 cm³/mol. The van der Waals surface area contributed by atoms with Crippen LogP contribution in [0.15, 0.2) is 48.8 Å². The van der Waals surface area contributed by atoms with Gasteiger partial charge in [-0.1, -0.05) is 29.8 Å². The SMILES string of the molecule is O=C(NCCc1cccnc1)NCc1ccc(Cl)cc1. The van der Waals surface area contributed by atoms with Gasteiger partial charge in [-0.25, -0.2) is 4.79 Å². The van der Waals surface area contributed by atoms with Crippen molar-refractivity contribution in [1.29, 1.82) is 0 Å². The third-order valence-electron chi connectivity index (χ3n) is 2.79. The topological polar surface area (TPSA) is 54.0 Å². The van der Waals surface area contributed by atoms with Crippen LogP contribution in [0.5, 0.6) is 0 Å². The third-order valence-corrected chi connectivity index (χ3v) is 3.04. The molecule has 104 valence electrons. The van der Waals surface area contributed by atoms with Crippen LogP contribution in [0, 0.1) is 0 Å². The van der Waals surface area contributed by atoms with Crippen LogP contribution in [-0.4, -0.2) is 17.6 Å². The van der Waals surface area contributed by atoms with E-state index in [1.54, 1.807) is 24.5 Å². The normalized spacial score (nSPS) is 10.1. The van der Waals surface area contributed by atoms with E-state index >= 15 is 0 Å². The molecule has 0 saturated carbocycles. The molecule has 20 heavy (non-hydrogen) atoms. The third kappa shape index (κ3) is 4.90. The highest BCUT2D eigenvalue weighted by molar-refractivity contribution is 6.30. The molecular formula is C15H16ClN3O. The van der Waals surface area contributed by atoms with Crippen molar-refractivity contribution in [3.8, 4) is 0 Å². The molecule has 2 aromatic rings. The maximum Gasteiger partial charge on any atom is 0.315 e. The van der Waals surface area contributed by atoms with E-state index in [0.717, 1.165) is 17.5 Å². The van der Waals surface area contributed by atoms with Crippen molar-refractivity contribution in [2.45, 2.75) is 13.0 Å². The van der Waals surface area contributed by atoms with Crippen LogP contribution in [-0.2, 0) is 13.0 Å². The fraction of sp³-hybridized carbons (Fsp3) is 0.200. The Morgan fingerprint density at radius 1 is 1.10 bits per heavy atom. The maximum absolute atomic E-state index is 11.6. The van der Waals surface area contributed by atoms with Crippen molar-refractivity contribution in [2.24, 2.45) is 0 Å². The summed E-state index contributed by atoms with van der Waals surface area (Å²) in [4.78, 5) is 15.6. The van der Waals surface area contributed by atoms with Crippen molar-refractivity contribution in [2.75, 3.05) is 6.54 Å². The Labute approximate surface area is 123 Å². The molecule has 0 aliphatic carbocycles. The number of aromatic nitrogens is 1. The van der Waals surface area contributed by atoms with Gasteiger partial charge in [-0.15, -0.1) is 0 Å². The van der Waals surface area contributed by atoms with Crippen molar-refractivity contribution in [3.63, 3.8) is 0 Å². The number of pyridine rings is 1. The minimum Gasteiger partial charge on any atom is -0.338 e. The molecule has 0 fully saturated rings. The quantitative estimate of drug-likeness (QED) is 0.889. The minimum absolute atomic E-state index is 0.177. The Kier molecular flexibility index (Phi) is 5.38.